The molecule has 0 fully saturated rings. The lowest BCUT2D eigenvalue weighted by Gasteiger charge is -2.48. The summed E-state index contributed by atoms with van der Waals surface area (Å²) >= 11 is 2.23. The predicted molar refractivity (Wildman–Crippen MR) is 83.8 cm³/mol. The molecule has 0 spiro atoms. The first kappa shape index (κ1) is 17.4. The normalized spacial score (nSPS) is 14.5. The van der Waals surface area contributed by atoms with E-state index in [1.807, 2.05) is 0 Å². The first-order chi connectivity index (χ1) is 7.48. The van der Waals surface area contributed by atoms with Crippen molar-refractivity contribution in [3.8, 4) is 0 Å². The van der Waals surface area contributed by atoms with Gasteiger partial charge in [-0.05, 0) is 37.5 Å². The van der Waals surface area contributed by atoms with Gasteiger partial charge in [-0.25, -0.2) is 0 Å². The Morgan fingerprint density at radius 3 is 0.824 bits per heavy atom. The fraction of sp³-hybridized carbons (Fsp3) is 1.00. The third kappa shape index (κ3) is 3.66. The molecule has 0 heterocycles. The van der Waals surface area contributed by atoms with Crippen LogP contribution in [0.2, 0.25) is 0 Å². The fourth-order valence-electron chi connectivity index (χ4n) is 2.28. The summed E-state index contributed by atoms with van der Waals surface area (Å²) in [5.74, 6) is 2.85. The summed E-state index contributed by atoms with van der Waals surface area (Å²) in [7, 11) is 0. The maximum absolute atomic E-state index is 2.45. The molecule has 0 bridgehead atoms. The lowest BCUT2D eigenvalue weighted by molar-refractivity contribution is 0.323. The van der Waals surface area contributed by atoms with E-state index in [1.54, 1.807) is 0 Å². The molecule has 0 N–H and O–H groups in total. The van der Waals surface area contributed by atoms with E-state index in [2.05, 4.69) is 81.0 Å². The molecule has 0 aliphatic heterocycles. The lowest BCUT2D eigenvalue weighted by atomic mass is 9.85. The Kier molecular flexibility index (Phi) is 6.12. The first-order valence-electron chi connectivity index (χ1n) is 7.18. The van der Waals surface area contributed by atoms with E-state index in [4.69, 9.17) is 0 Å². The largest absolute Gasteiger partial charge is 0.148 e. The molecule has 0 unspecified atom stereocenters. The van der Waals surface area contributed by atoms with Gasteiger partial charge in [0.05, 0.1) is 0 Å². The molecule has 0 aliphatic carbocycles. The highest BCUT2D eigenvalue weighted by atomic mass is 32.2. The van der Waals surface area contributed by atoms with Crippen molar-refractivity contribution in [3.05, 3.63) is 0 Å². The lowest BCUT2D eigenvalue weighted by Crippen LogP contribution is -2.44. The molecule has 0 aromatic rings. The zero-order valence-corrected chi connectivity index (χ0v) is 14.5. The zero-order valence-electron chi connectivity index (χ0n) is 13.7. The van der Waals surface area contributed by atoms with Crippen LogP contribution in [0.3, 0.4) is 0 Å². The first-order valence-corrected chi connectivity index (χ1v) is 8.00. The Morgan fingerprint density at radius 1 is 0.529 bits per heavy atom. The Bertz CT molecular complexity index is 186. The van der Waals surface area contributed by atoms with Gasteiger partial charge in [0.1, 0.15) is 0 Å². The molecule has 0 atom stereocenters. The molecule has 0 saturated heterocycles. The van der Waals surface area contributed by atoms with Gasteiger partial charge < -0.3 is 0 Å². The average Bonchev–Trinajstić information content (AvgIpc) is 2.15. The summed E-state index contributed by atoms with van der Waals surface area (Å²) in [6.45, 7) is 23.9. The molecule has 0 saturated carbocycles. The molecule has 1 heteroatoms. The number of thioether (sulfide) groups is 1. The van der Waals surface area contributed by atoms with Gasteiger partial charge in [-0.2, -0.15) is 0 Å². The van der Waals surface area contributed by atoms with Crippen LogP contribution in [-0.4, -0.2) is 9.49 Å². The molecule has 0 radical (unpaired) electrons. The summed E-state index contributed by atoms with van der Waals surface area (Å²) in [5.41, 5.74) is 0. The quantitative estimate of drug-likeness (QED) is 0.575. The van der Waals surface area contributed by atoms with E-state index in [9.17, 15) is 0 Å². The van der Waals surface area contributed by atoms with E-state index in [0.717, 1.165) is 0 Å². The number of hydrogen-bond donors (Lipinski definition) is 0. The maximum atomic E-state index is 2.45. The molecule has 0 rings (SSSR count). The van der Waals surface area contributed by atoms with Gasteiger partial charge in [0.2, 0.25) is 0 Å². The molecular weight excluding hydrogens is 224 g/mol. The van der Waals surface area contributed by atoms with Gasteiger partial charge in [0.25, 0.3) is 0 Å². The van der Waals surface area contributed by atoms with Crippen LogP contribution in [0.15, 0.2) is 0 Å². The third-order valence-corrected chi connectivity index (χ3v) is 7.79. The molecule has 0 amide bonds. The Morgan fingerprint density at radius 2 is 0.706 bits per heavy atom. The zero-order chi connectivity index (χ0) is 14.0. The van der Waals surface area contributed by atoms with Crippen molar-refractivity contribution in [2.75, 3.05) is 0 Å². The fourth-order valence-corrected chi connectivity index (χ4v) is 4.17. The topological polar surface area (TPSA) is 0 Å². The van der Waals surface area contributed by atoms with E-state index in [1.165, 1.54) is 0 Å². The van der Waals surface area contributed by atoms with Gasteiger partial charge >= 0.3 is 0 Å². The number of rotatable bonds is 6. The predicted octanol–water partition coefficient (Wildman–Crippen LogP) is 5.86. The molecule has 17 heavy (non-hydrogen) atoms. The Hall–Kier alpha value is 0.350. The molecular formula is C16H34S. The summed E-state index contributed by atoms with van der Waals surface area (Å²) in [6.07, 6.45) is 0. The van der Waals surface area contributed by atoms with Crippen LogP contribution >= 0.6 is 11.8 Å². The van der Waals surface area contributed by atoms with Crippen LogP contribution < -0.4 is 0 Å². The Labute approximate surface area is 114 Å². The minimum Gasteiger partial charge on any atom is -0.148 e. The second-order valence-corrected chi connectivity index (χ2v) is 9.05. The van der Waals surface area contributed by atoms with Gasteiger partial charge in [0, 0.05) is 9.49 Å². The molecule has 0 aromatic carbocycles. The minimum atomic E-state index is 0.364. The highest BCUT2D eigenvalue weighted by Gasteiger charge is 2.43. The van der Waals surface area contributed by atoms with Crippen LogP contribution in [0.5, 0.6) is 0 Å². The standard InChI is InChI=1S/C16H34S/c1-11(2)15(9,12(3)4)17-16(10,13(5)6)14(7)8/h11-14H,1-10H3. The van der Waals surface area contributed by atoms with Crippen LogP contribution in [0, 0.1) is 23.7 Å². The van der Waals surface area contributed by atoms with E-state index >= 15 is 0 Å². The van der Waals surface area contributed by atoms with Gasteiger partial charge in [0.15, 0.2) is 0 Å². The van der Waals surface area contributed by atoms with E-state index in [-0.39, 0.29) is 0 Å². The van der Waals surface area contributed by atoms with E-state index < -0.39 is 0 Å². The molecule has 0 aromatic heterocycles. The highest BCUT2D eigenvalue weighted by molar-refractivity contribution is 8.02. The van der Waals surface area contributed by atoms with Crippen molar-refractivity contribution in [2.24, 2.45) is 23.7 Å². The van der Waals surface area contributed by atoms with E-state index in [0.29, 0.717) is 33.2 Å². The Balaban J connectivity index is 5.22. The van der Waals surface area contributed by atoms with Crippen LogP contribution in [-0.2, 0) is 0 Å². The van der Waals surface area contributed by atoms with Crippen molar-refractivity contribution >= 4 is 11.8 Å². The monoisotopic (exact) mass is 258 g/mol. The summed E-state index contributed by atoms with van der Waals surface area (Å²) in [5, 5.41) is 0. The maximum Gasteiger partial charge on any atom is 0.0183 e. The van der Waals surface area contributed by atoms with Crippen molar-refractivity contribution in [1.82, 2.24) is 0 Å². The average molecular weight is 259 g/mol. The van der Waals surface area contributed by atoms with Crippen molar-refractivity contribution in [1.29, 1.82) is 0 Å². The van der Waals surface area contributed by atoms with Gasteiger partial charge in [-0.1, -0.05) is 55.4 Å². The molecule has 0 aliphatic rings. The van der Waals surface area contributed by atoms with Gasteiger partial charge in [-0.3, -0.25) is 0 Å². The van der Waals surface area contributed by atoms with Crippen LogP contribution in [0.1, 0.15) is 69.2 Å². The van der Waals surface area contributed by atoms with Gasteiger partial charge in [-0.15, -0.1) is 11.8 Å². The summed E-state index contributed by atoms with van der Waals surface area (Å²) in [6, 6.07) is 0. The second-order valence-electron chi connectivity index (χ2n) is 7.09. The van der Waals surface area contributed by atoms with Crippen LogP contribution in [0.25, 0.3) is 0 Å². The third-order valence-electron chi connectivity index (χ3n) is 5.03. The SMILES string of the molecule is CC(C)C(C)(SC(C)(C(C)C)C(C)C)C(C)C. The smallest absolute Gasteiger partial charge is 0.0183 e. The second kappa shape index (κ2) is 5.99. The summed E-state index contributed by atoms with van der Waals surface area (Å²) < 4.78 is 0.729. The van der Waals surface area contributed by atoms with Crippen molar-refractivity contribution < 1.29 is 0 Å². The van der Waals surface area contributed by atoms with Crippen molar-refractivity contribution in [3.63, 3.8) is 0 Å². The number of hydrogen-bond acceptors (Lipinski definition) is 1. The van der Waals surface area contributed by atoms with Crippen molar-refractivity contribution in [2.45, 2.75) is 78.7 Å². The summed E-state index contributed by atoms with van der Waals surface area (Å²) in [4.78, 5) is 0. The highest BCUT2D eigenvalue weighted by Crippen LogP contribution is 2.51. The minimum absolute atomic E-state index is 0.364. The molecule has 0 nitrogen and oxygen atoms in total. The van der Waals surface area contributed by atoms with Crippen LogP contribution in [0.4, 0.5) is 0 Å². The molecule has 104 valence electrons.